The van der Waals surface area contributed by atoms with Gasteiger partial charge in [0.2, 0.25) is 0 Å². The molecule has 2 rings (SSSR count). The molecule has 27 heavy (non-hydrogen) atoms. The molecule has 2 atom stereocenters. The zero-order valence-corrected chi connectivity index (χ0v) is 15.5. The first kappa shape index (κ1) is 20.9. The lowest BCUT2D eigenvalue weighted by Gasteiger charge is -2.09. The lowest BCUT2D eigenvalue weighted by Crippen LogP contribution is -2.30. The number of amidine groups is 1. The Bertz CT molecular complexity index is 914. The third kappa shape index (κ3) is 5.52. The van der Waals surface area contributed by atoms with Crippen LogP contribution in [0.1, 0.15) is 30.3 Å². The quantitative estimate of drug-likeness (QED) is 0.232. The molecule has 0 aliphatic carbocycles. The first-order valence-corrected chi connectivity index (χ1v) is 9.59. The number of hydrogen-bond donors (Lipinski definition) is 4. The number of aliphatic imine (C=N–C) groups is 1. The molecule has 0 saturated carbocycles. The van der Waals surface area contributed by atoms with Gasteiger partial charge in [0.05, 0.1) is 5.69 Å². The second-order valence-electron chi connectivity index (χ2n) is 5.71. The predicted molar refractivity (Wildman–Crippen MR) is 94.3 cm³/mol. The molecule has 0 radical (unpaired) electrons. The van der Waals surface area contributed by atoms with Crippen molar-refractivity contribution in [3.05, 3.63) is 41.0 Å². The van der Waals surface area contributed by atoms with Gasteiger partial charge in [0.1, 0.15) is 21.4 Å². The number of benzene rings is 1. The third-order valence-corrected chi connectivity index (χ3v) is 5.18. The first-order valence-electron chi connectivity index (χ1n) is 7.97. The first-order chi connectivity index (χ1) is 12.7. The van der Waals surface area contributed by atoms with Crippen LogP contribution in [-0.2, 0) is 16.3 Å². The fraction of sp³-hybridized carbons (Fsp3) is 0.400. The van der Waals surface area contributed by atoms with Crippen LogP contribution in [0.25, 0.3) is 0 Å². The number of aromatic nitrogens is 2. The highest BCUT2D eigenvalue weighted by molar-refractivity contribution is 7.90. The lowest BCUT2D eigenvalue weighted by atomic mass is 10.2. The zero-order chi connectivity index (χ0) is 20.0. The summed E-state index contributed by atoms with van der Waals surface area (Å²) in [5.74, 6) is -0.427. The number of alkyl halides is 1. The van der Waals surface area contributed by atoms with Crippen LogP contribution in [0.3, 0.4) is 0 Å². The summed E-state index contributed by atoms with van der Waals surface area (Å²) in [5, 5.41) is 16.8. The van der Waals surface area contributed by atoms with Gasteiger partial charge in [0, 0.05) is 6.54 Å². The third-order valence-electron chi connectivity index (χ3n) is 3.63. The standard InChI is InChI=1S/C15H20F2N6O3S/c1-9-8-11(5-6-12(9)17)20-15(21-24)14-13(22-26-23-14)4-3-7-19-27(18,25)10(2)16/h5-6,8,10,24H,3-4,7H2,1-2H3,(H,20,21)(H2,18,19,25). The van der Waals surface area contributed by atoms with E-state index in [0.717, 1.165) is 6.92 Å². The van der Waals surface area contributed by atoms with E-state index in [1.165, 1.54) is 18.2 Å². The minimum absolute atomic E-state index is 0.0492. The Labute approximate surface area is 154 Å². The van der Waals surface area contributed by atoms with Crippen molar-refractivity contribution in [2.75, 3.05) is 6.54 Å². The van der Waals surface area contributed by atoms with E-state index in [4.69, 9.17) is 4.78 Å². The molecule has 4 N–H and O–H groups in total. The van der Waals surface area contributed by atoms with Crippen LogP contribution in [0.2, 0.25) is 0 Å². The van der Waals surface area contributed by atoms with Crippen LogP contribution in [0, 0.1) is 17.5 Å². The molecule has 1 heterocycles. The van der Waals surface area contributed by atoms with Gasteiger partial charge in [0.15, 0.2) is 17.0 Å². The zero-order valence-electron chi connectivity index (χ0n) is 14.7. The Morgan fingerprint density at radius 2 is 2.22 bits per heavy atom. The van der Waals surface area contributed by atoms with Crippen LogP contribution in [0.4, 0.5) is 14.5 Å². The molecule has 12 heteroatoms. The number of hydrogen-bond acceptors (Lipinski definition) is 7. The molecule has 148 valence electrons. The van der Waals surface area contributed by atoms with Gasteiger partial charge in [-0.2, -0.15) is 0 Å². The van der Waals surface area contributed by atoms with Crippen molar-refractivity contribution in [2.24, 2.45) is 4.99 Å². The molecule has 2 aromatic rings. The van der Waals surface area contributed by atoms with E-state index in [0.29, 0.717) is 23.4 Å². The van der Waals surface area contributed by atoms with Crippen LogP contribution >= 0.6 is 0 Å². The summed E-state index contributed by atoms with van der Waals surface area (Å²) in [5.41, 5.74) is 1.38. The van der Waals surface area contributed by atoms with Crippen LogP contribution in [-0.4, -0.2) is 37.6 Å². The normalized spacial score (nSPS) is 15.4. The lowest BCUT2D eigenvalue weighted by molar-refractivity contribution is 0.234. The topological polar surface area (TPSA) is 136 Å². The number of rotatable bonds is 8. The minimum atomic E-state index is -3.50. The number of hydroxylamine groups is 1. The molecule has 9 nitrogen and oxygen atoms in total. The van der Waals surface area contributed by atoms with E-state index in [2.05, 4.69) is 24.7 Å². The van der Waals surface area contributed by atoms with E-state index in [-0.39, 0.29) is 30.3 Å². The SMILES string of the molecule is Cc1cc(N=C(NO)c2nonc2CCCNS(=N)(=O)C(C)F)ccc1F. The molecule has 0 bridgehead atoms. The molecule has 0 spiro atoms. The molecular formula is C15H20F2N6O3S. The van der Waals surface area contributed by atoms with Crippen LogP contribution in [0.5, 0.6) is 0 Å². The van der Waals surface area contributed by atoms with E-state index in [1.807, 2.05) is 5.48 Å². The van der Waals surface area contributed by atoms with Crippen molar-refractivity contribution in [3.63, 3.8) is 0 Å². The van der Waals surface area contributed by atoms with Gasteiger partial charge in [-0.15, -0.1) is 0 Å². The van der Waals surface area contributed by atoms with Gasteiger partial charge < -0.3 is 0 Å². The molecule has 0 aliphatic heterocycles. The molecule has 1 aromatic carbocycles. The van der Waals surface area contributed by atoms with E-state index >= 15 is 0 Å². The maximum Gasteiger partial charge on any atom is 0.193 e. The highest BCUT2D eigenvalue weighted by Gasteiger charge is 2.18. The van der Waals surface area contributed by atoms with Gasteiger partial charge in [-0.05, 0) is 55.6 Å². The maximum atomic E-state index is 13.3. The van der Waals surface area contributed by atoms with Crippen LogP contribution < -0.4 is 10.2 Å². The predicted octanol–water partition coefficient (Wildman–Crippen LogP) is 2.37. The number of nitrogens with one attached hydrogen (secondary N) is 3. The summed E-state index contributed by atoms with van der Waals surface area (Å²) >= 11 is 0. The summed E-state index contributed by atoms with van der Waals surface area (Å²) in [6.45, 7) is 2.74. The Kier molecular flexibility index (Phi) is 6.93. The molecule has 2 unspecified atom stereocenters. The van der Waals surface area contributed by atoms with Gasteiger partial charge in [-0.25, -0.2) is 32.1 Å². The van der Waals surface area contributed by atoms with E-state index in [9.17, 15) is 18.2 Å². The fourth-order valence-corrected chi connectivity index (χ4v) is 2.78. The second kappa shape index (κ2) is 8.97. The monoisotopic (exact) mass is 402 g/mol. The summed E-state index contributed by atoms with van der Waals surface area (Å²) in [6.07, 6.45) is 0.642. The number of halogens is 2. The number of aryl methyl sites for hydroxylation is 2. The van der Waals surface area contributed by atoms with Crippen molar-refractivity contribution >= 4 is 21.4 Å². The van der Waals surface area contributed by atoms with Gasteiger partial charge in [0.25, 0.3) is 0 Å². The van der Waals surface area contributed by atoms with E-state index in [1.54, 1.807) is 6.92 Å². The summed E-state index contributed by atoms with van der Waals surface area (Å²) in [6, 6.07) is 4.17. The highest BCUT2D eigenvalue weighted by Crippen LogP contribution is 2.18. The Morgan fingerprint density at radius 3 is 2.85 bits per heavy atom. The molecule has 0 amide bonds. The Morgan fingerprint density at radius 1 is 1.48 bits per heavy atom. The molecule has 1 aromatic heterocycles. The summed E-state index contributed by atoms with van der Waals surface area (Å²) in [4.78, 5) is 4.16. The largest absolute Gasteiger partial charge is 0.290 e. The van der Waals surface area contributed by atoms with Gasteiger partial charge >= 0.3 is 0 Å². The van der Waals surface area contributed by atoms with Crippen LogP contribution in [0.15, 0.2) is 27.8 Å². The van der Waals surface area contributed by atoms with Crippen molar-refractivity contribution < 1.29 is 22.8 Å². The average Bonchev–Trinajstić information content (AvgIpc) is 3.08. The van der Waals surface area contributed by atoms with E-state index < -0.39 is 15.4 Å². The van der Waals surface area contributed by atoms with Crippen molar-refractivity contribution in [1.82, 2.24) is 20.5 Å². The molecule has 0 fully saturated rings. The Balaban J connectivity index is 2.09. The highest BCUT2D eigenvalue weighted by atomic mass is 32.2. The number of nitrogens with zero attached hydrogens (tertiary/aromatic N) is 3. The average molecular weight is 402 g/mol. The van der Waals surface area contributed by atoms with Crippen molar-refractivity contribution in [1.29, 1.82) is 4.78 Å². The molecular weight excluding hydrogens is 382 g/mol. The van der Waals surface area contributed by atoms with Gasteiger partial charge in [-0.1, -0.05) is 5.16 Å². The smallest absolute Gasteiger partial charge is 0.193 e. The second-order valence-corrected chi connectivity index (χ2v) is 7.85. The maximum absolute atomic E-state index is 13.3. The van der Waals surface area contributed by atoms with Crippen molar-refractivity contribution in [2.45, 2.75) is 32.2 Å². The fourth-order valence-electron chi connectivity index (χ4n) is 2.10. The summed E-state index contributed by atoms with van der Waals surface area (Å²) < 4.78 is 52.3. The minimum Gasteiger partial charge on any atom is -0.290 e. The molecule has 0 aliphatic rings. The summed E-state index contributed by atoms with van der Waals surface area (Å²) in [7, 11) is -3.50. The van der Waals surface area contributed by atoms with Gasteiger partial charge in [-0.3, -0.25) is 10.7 Å². The Hall–Kier alpha value is -2.44. The van der Waals surface area contributed by atoms with Crippen molar-refractivity contribution in [3.8, 4) is 0 Å². The molecule has 0 saturated heterocycles.